The molecule has 0 amide bonds. The molecule has 1 aromatic carbocycles. The second-order valence-corrected chi connectivity index (χ2v) is 10.4. The number of carbonyl (C=O) groups is 1. The Bertz CT molecular complexity index is 729. The Morgan fingerprint density at radius 1 is 1.03 bits per heavy atom. The zero-order chi connectivity index (χ0) is 21.4. The van der Waals surface area contributed by atoms with Crippen molar-refractivity contribution in [3.05, 3.63) is 23.8 Å². The van der Waals surface area contributed by atoms with E-state index in [-0.39, 0.29) is 17.1 Å². The largest absolute Gasteiger partial charge is 0.497 e. The Kier molecular flexibility index (Phi) is 6.06. The van der Waals surface area contributed by atoms with Gasteiger partial charge >= 0.3 is 0 Å². The van der Waals surface area contributed by atoms with Gasteiger partial charge in [-0.15, -0.1) is 0 Å². The van der Waals surface area contributed by atoms with Crippen molar-refractivity contribution in [1.29, 1.82) is 0 Å². The van der Waals surface area contributed by atoms with Gasteiger partial charge in [-0.3, -0.25) is 4.79 Å². The molecule has 1 N–H and O–H groups in total. The monoisotopic (exact) mass is 402 g/mol. The third kappa shape index (κ3) is 4.19. The molecule has 0 saturated heterocycles. The average Bonchev–Trinajstić information content (AvgIpc) is 2.65. The van der Waals surface area contributed by atoms with E-state index in [1.54, 1.807) is 32.4 Å². The Labute approximate surface area is 176 Å². The van der Waals surface area contributed by atoms with Crippen molar-refractivity contribution in [1.82, 2.24) is 0 Å². The number of carbonyl (C=O) groups excluding carboxylic acids is 1. The van der Waals surface area contributed by atoms with Crippen LogP contribution >= 0.6 is 0 Å². The van der Waals surface area contributed by atoms with Crippen molar-refractivity contribution < 1.29 is 19.4 Å². The van der Waals surface area contributed by atoms with E-state index in [2.05, 4.69) is 20.8 Å². The predicted molar refractivity (Wildman–Crippen MR) is 116 cm³/mol. The normalized spacial score (nSPS) is 33.6. The van der Waals surface area contributed by atoms with Crippen LogP contribution in [0.4, 0.5) is 0 Å². The first kappa shape index (κ1) is 22.1. The summed E-state index contributed by atoms with van der Waals surface area (Å²) in [4.78, 5) is 13.0. The maximum atomic E-state index is 13.0. The number of ketones is 1. The highest BCUT2D eigenvalue weighted by molar-refractivity contribution is 5.96. The summed E-state index contributed by atoms with van der Waals surface area (Å²) in [6.07, 6.45) is 6.65. The Hall–Kier alpha value is -1.55. The molecule has 2 aliphatic rings. The van der Waals surface area contributed by atoms with Crippen molar-refractivity contribution >= 4 is 5.78 Å². The number of ether oxygens (including phenoxy) is 2. The molecule has 0 heterocycles. The molecule has 2 aliphatic carbocycles. The van der Waals surface area contributed by atoms with Crippen LogP contribution in [0.1, 0.15) is 83.0 Å². The molecule has 3 rings (SSSR count). The van der Waals surface area contributed by atoms with Gasteiger partial charge in [-0.25, -0.2) is 0 Å². The molecule has 0 aliphatic heterocycles. The third-order valence-electron chi connectivity index (χ3n) is 8.10. The number of Topliss-reactive ketones (excluding diaryl/α,β-unsaturated/α-hetero) is 1. The minimum atomic E-state index is -0.717. The molecule has 0 bridgehead atoms. The molecule has 29 heavy (non-hydrogen) atoms. The van der Waals surface area contributed by atoms with Gasteiger partial charge in [0.2, 0.25) is 0 Å². The number of hydrogen-bond donors (Lipinski definition) is 1. The summed E-state index contributed by atoms with van der Waals surface area (Å²) < 4.78 is 10.6. The second kappa shape index (κ2) is 7.94. The topological polar surface area (TPSA) is 55.8 Å². The standard InChI is InChI=1S/C25H38O4/c1-23(2)11-7-12-24(3)21(23)10-13-25(4,27)22(24)9-8-20(26)17-14-18(28-5)16-19(15-17)29-6/h14-16,21-22,27H,7-13H2,1-6H3/t21-,22+,24-,25+/m0/s1. The minimum absolute atomic E-state index is 0.0792. The van der Waals surface area contributed by atoms with Gasteiger partial charge in [-0.1, -0.05) is 27.2 Å². The summed E-state index contributed by atoms with van der Waals surface area (Å²) in [5.74, 6) is 2.06. The molecule has 0 unspecified atom stereocenters. The summed E-state index contributed by atoms with van der Waals surface area (Å²) in [6.45, 7) is 9.13. The van der Waals surface area contributed by atoms with E-state index in [1.807, 2.05) is 6.92 Å². The molecule has 2 saturated carbocycles. The van der Waals surface area contributed by atoms with Gasteiger partial charge in [-0.05, 0) is 73.8 Å². The van der Waals surface area contributed by atoms with Crippen LogP contribution in [0.5, 0.6) is 11.5 Å². The van der Waals surface area contributed by atoms with Gasteiger partial charge in [-0.2, -0.15) is 0 Å². The number of aliphatic hydroxyl groups is 1. The van der Waals surface area contributed by atoms with E-state index in [1.165, 1.54) is 12.8 Å². The average molecular weight is 403 g/mol. The summed E-state index contributed by atoms with van der Waals surface area (Å²) in [5.41, 5.74) is 0.273. The zero-order valence-corrected chi connectivity index (χ0v) is 19.0. The van der Waals surface area contributed by atoms with Gasteiger partial charge in [0.15, 0.2) is 5.78 Å². The molecule has 0 spiro atoms. The molecule has 4 nitrogen and oxygen atoms in total. The lowest BCUT2D eigenvalue weighted by molar-refractivity contribution is -0.168. The van der Waals surface area contributed by atoms with E-state index in [0.717, 1.165) is 19.3 Å². The first-order chi connectivity index (χ1) is 13.5. The molecule has 0 radical (unpaired) electrons. The Balaban J connectivity index is 1.81. The highest BCUT2D eigenvalue weighted by Crippen LogP contribution is 2.62. The van der Waals surface area contributed by atoms with Gasteiger partial charge < -0.3 is 14.6 Å². The molecule has 2 fully saturated rings. The second-order valence-electron chi connectivity index (χ2n) is 10.4. The van der Waals surface area contributed by atoms with Gasteiger partial charge in [0.25, 0.3) is 0 Å². The summed E-state index contributed by atoms with van der Waals surface area (Å²) in [7, 11) is 3.18. The lowest BCUT2D eigenvalue weighted by Gasteiger charge is -2.61. The fourth-order valence-electron chi connectivity index (χ4n) is 6.65. The number of fused-ring (bicyclic) bond motifs is 1. The van der Waals surface area contributed by atoms with Crippen LogP contribution in [-0.4, -0.2) is 30.7 Å². The van der Waals surface area contributed by atoms with Crippen LogP contribution in [0.25, 0.3) is 0 Å². The van der Waals surface area contributed by atoms with E-state index < -0.39 is 5.60 Å². The Morgan fingerprint density at radius 3 is 2.24 bits per heavy atom. The van der Waals surface area contributed by atoms with E-state index in [0.29, 0.717) is 41.2 Å². The maximum absolute atomic E-state index is 13.0. The van der Waals surface area contributed by atoms with Gasteiger partial charge in [0.1, 0.15) is 11.5 Å². The van der Waals surface area contributed by atoms with Gasteiger partial charge in [0, 0.05) is 18.1 Å². The van der Waals surface area contributed by atoms with Crippen molar-refractivity contribution in [2.75, 3.05) is 14.2 Å². The highest BCUT2D eigenvalue weighted by atomic mass is 16.5. The van der Waals surface area contributed by atoms with Gasteiger partial charge in [0.05, 0.1) is 19.8 Å². The summed E-state index contributed by atoms with van der Waals surface area (Å²) >= 11 is 0. The van der Waals surface area contributed by atoms with Crippen LogP contribution in [0.3, 0.4) is 0 Å². The lowest BCUT2D eigenvalue weighted by atomic mass is 9.45. The number of methoxy groups -OCH3 is 2. The Morgan fingerprint density at radius 2 is 1.66 bits per heavy atom. The smallest absolute Gasteiger partial charge is 0.163 e. The van der Waals surface area contributed by atoms with E-state index in [9.17, 15) is 9.90 Å². The van der Waals surface area contributed by atoms with Crippen molar-refractivity contribution in [3.63, 3.8) is 0 Å². The van der Waals surface area contributed by atoms with Crippen LogP contribution in [-0.2, 0) is 0 Å². The predicted octanol–water partition coefficient (Wildman–Crippen LogP) is 5.66. The molecule has 4 heteroatoms. The highest BCUT2D eigenvalue weighted by Gasteiger charge is 2.57. The van der Waals surface area contributed by atoms with Crippen LogP contribution < -0.4 is 9.47 Å². The molecular weight excluding hydrogens is 364 g/mol. The van der Waals surface area contributed by atoms with Crippen LogP contribution in [0.2, 0.25) is 0 Å². The van der Waals surface area contributed by atoms with E-state index in [4.69, 9.17) is 9.47 Å². The quantitative estimate of drug-likeness (QED) is 0.624. The third-order valence-corrected chi connectivity index (χ3v) is 8.10. The molecule has 0 aromatic heterocycles. The van der Waals surface area contributed by atoms with Crippen molar-refractivity contribution in [3.8, 4) is 11.5 Å². The van der Waals surface area contributed by atoms with Crippen LogP contribution in [0.15, 0.2) is 18.2 Å². The number of hydrogen-bond acceptors (Lipinski definition) is 4. The lowest BCUT2D eigenvalue weighted by Crippen LogP contribution is -2.57. The fourth-order valence-corrected chi connectivity index (χ4v) is 6.65. The molecule has 1 aromatic rings. The first-order valence-electron chi connectivity index (χ1n) is 11.0. The van der Waals surface area contributed by atoms with E-state index >= 15 is 0 Å². The zero-order valence-electron chi connectivity index (χ0n) is 19.0. The maximum Gasteiger partial charge on any atom is 0.163 e. The van der Waals surface area contributed by atoms with Crippen LogP contribution in [0, 0.1) is 22.7 Å². The molecular formula is C25H38O4. The van der Waals surface area contributed by atoms with Crippen molar-refractivity contribution in [2.24, 2.45) is 22.7 Å². The summed E-state index contributed by atoms with van der Waals surface area (Å²) in [6, 6.07) is 5.33. The van der Waals surface area contributed by atoms with Crippen molar-refractivity contribution in [2.45, 2.75) is 78.2 Å². The SMILES string of the molecule is COc1cc(OC)cc(C(=O)CC[C@@H]2[C@@]3(C)CCCC(C)(C)[C@@H]3CC[C@@]2(C)O)c1. The molecule has 162 valence electrons. The first-order valence-corrected chi connectivity index (χ1v) is 11.0. The number of benzene rings is 1. The fraction of sp³-hybridized carbons (Fsp3) is 0.720. The molecule has 4 atom stereocenters. The minimum Gasteiger partial charge on any atom is -0.497 e. The number of rotatable bonds is 6. The summed E-state index contributed by atoms with van der Waals surface area (Å²) in [5, 5.41) is 11.3.